The van der Waals surface area contributed by atoms with Gasteiger partial charge in [-0.2, -0.15) is 0 Å². The molecule has 0 aliphatic carbocycles. The molecular weight excluding hydrogens is 148 g/mol. The molecule has 0 amide bonds. The van der Waals surface area contributed by atoms with Crippen LogP contribution in [0.2, 0.25) is 0 Å². The molecule has 0 aromatic rings. The molecule has 4 nitrogen and oxygen atoms in total. The third kappa shape index (κ3) is 1.54. The lowest BCUT2D eigenvalue weighted by molar-refractivity contribution is -0.0175. The van der Waals surface area contributed by atoms with Crippen molar-refractivity contribution in [3.63, 3.8) is 0 Å². The van der Waals surface area contributed by atoms with E-state index in [2.05, 4.69) is 0 Å². The predicted molar refractivity (Wildman–Crippen MR) is 38.2 cm³/mol. The van der Waals surface area contributed by atoms with Crippen molar-refractivity contribution in [1.82, 2.24) is 0 Å². The number of rotatable bonds is 2. The molecule has 0 aromatic heterocycles. The van der Waals surface area contributed by atoms with Crippen molar-refractivity contribution in [1.29, 1.82) is 0 Å². The first-order valence-electron chi connectivity index (χ1n) is 3.68. The van der Waals surface area contributed by atoms with Gasteiger partial charge in [-0.1, -0.05) is 0 Å². The SMILES string of the molecule is COC1C(C)O[C@H](CO)[C@@H]1O. The molecule has 0 radical (unpaired) electrons. The maximum atomic E-state index is 9.41. The van der Waals surface area contributed by atoms with Gasteiger partial charge in [0.1, 0.15) is 18.3 Å². The van der Waals surface area contributed by atoms with Gasteiger partial charge >= 0.3 is 0 Å². The van der Waals surface area contributed by atoms with Crippen LogP contribution in [0, 0.1) is 0 Å². The largest absolute Gasteiger partial charge is 0.394 e. The highest BCUT2D eigenvalue weighted by Crippen LogP contribution is 2.22. The zero-order chi connectivity index (χ0) is 8.43. The Bertz CT molecular complexity index is 128. The molecule has 11 heavy (non-hydrogen) atoms. The molecule has 66 valence electrons. The van der Waals surface area contributed by atoms with Crippen LogP contribution in [-0.4, -0.2) is 48.3 Å². The molecule has 0 bridgehead atoms. The third-order valence-electron chi connectivity index (χ3n) is 2.02. The van der Waals surface area contributed by atoms with Crippen LogP contribution in [0.25, 0.3) is 0 Å². The van der Waals surface area contributed by atoms with Gasteiger partial charge in [0, 0.05) is 7.11 Å². The average Bonchev–Trinajstić information content (AvgIpc) is 2.26. The highest BCUT2D eigenvalue weighted by molar-refractivity contribution is 4.88. The Kier molecular flexibility index (Phi) is 2.84. The molecule has 2 unspecified atom stereocenters. The molecule has 1 heterocycles. The van der Waals surface area contributed by atoms with E-state index in [0.29, 0.717) is 0 Å². The quantitative estimate of drug-likeness (QED) is 0.555. The standard InChI is InChI=1S/C7H14O4/c1-4-7(10-2)6(9)5(3-8)11-4/h4-9H,3H2,1-2H3/t4?,5-,6+,7?/m1/s1. The Balaban J connectivity index is 2.55. The first-order valence-corrected chi connectivity index (χ1v) is 3.68. The fraction of sp³-hybridized carbons (Fsp3) is 1.00. The summed E-state index contributed by atoms with van der Waals surface area (Å²) >= 11 is 0. The molecule has 0 saturated carbocycles. The molecule has 1 aliphatic heterocycles. The zero-order valence-electron chi connectivity index (χ0n) is 6.73. The maximum absolute atomic E-state index is 9.41. The van der Waals surface area contributed by atoms with Gasteiger partial charge in [-0.05, 0) is 6.92 Å². The van der Waals surface area contributed by atoms with Crippen LogP contribution in [0.5, 0.6) is 0 Å². The van der Waals surface area contributed by atoms with Gasteiger partial charge < -0.3 is 19.7 Å². The van der Waals surface area contributed by atoms with Gasteiger partial charge in [0.15, 0.2) is 0 Å². The Labute approximate surface area is 65.7 Å². The lowest BCUT2D eigenvalue weighted by atomic mass is 10.1. The molecule has 1 aliphatic rings. The molecule has 0 spiro atoms. The topological polar surface area (TPSA) is 58.9 Å². The molecule has 0 aromatic carbocycles. The highest BCUT2D eigenvalue weighted by atomic mass is 16.6. The van der Waals surface area contributed by atoms with E-state index in [0.717, 1.165) is 0 Å². The number of hydrogen-bond acceptors (Lipinski definition) is 4. The molecule has 4 heteroatoms. The van der Waals surface area contributed by atoms with Gasteiger partial charge in [0.2, 0.25) is 0 Å². The lowest BCUT2D eigenvalue weighted by Crippen LogP contribution is -2.34. The van der Waals surface area contributed by atoms with E-state index in [1.165, 1.54) is 7.11 Å². The van der Waals surface area contributed by atoms with Gasteiger partial charge in [-0.3, -0.25) is 0 Å². The van der Waals surface area contributed by atoms with Gasteiger partial charge in [-0.25, -0.2) is 0 Å². The summed E-state index contributed by atoms with van der Waals surface area (Å²) in [4.78, 5) is 0. The summed E-state index contributed by atoms with van der Waals surface area (Å²) in [6, 6.07) is 0. The Morgan fingerprint density at radius 1 is 1.55 bits per heavy atom. The van der Waals surface area contributed by atoms with Gasteiger partial charge in [0.25, 0.3) is 0 Å². The van der Waals surface area contributed by atoms with Crippen LogP contribution in [0.4, 0.5) is 0 Å². The summed E-state index contributed by atoms with van der Waals surface area (Å²) in [6.07, 6.45) is -1.66. The van der Waals surface area contributed by atoms with Crippen LogP contribution in [0.15, 0.2) is 0 Å². The van der Waals surface area contributed by atoms with E-state index < -0.39 is 12.2 Å². The van der Waals surface area contributed by atoms with E-state index in [-0.39, 0.29) is 18.8 Å². The summed E-state index contributed by atoms with van der Waals surface area (Å²) in [5.74, 6) is 0. The minimum absolute atomic E-state index is 0.146. The summed E-state index contributed by atoms with van der Waals surface area (Å²) in [5, 5.41) is 18.1. The second-order valence-electron chi connectivity index (χ2n) is 2.75. The van der Waals surface area contributed by atoms with Crippen LogP contribution >= 0.6 is 0 Å². The summed E-state index contributed by atoms with van der Waals surface area (Å²) in [5.41, 5.74) is 0. The number of aliphatic hydroxyl groups excluding tert-OH is 2. The van der Waals surface area contributed by atoms with Crippen molar-refractivity contribution >= 4 is 0 Å². The van der Waals surface area contributed by atoms with Crippen LogP contribution < -0.4 is 0 Å². The first-order chi connectivity index (χ1) is 5.20. The smallest absolute Gasteiger partial charge is 0.111 e. The fourth-order valence-corrected chi connectivity index (χ4v) is 1.40. The number of hydrogen-bond donors (Lipinski definition) is 2. The van der Waals surface area contributed by atoms with E-state index in [1.54, 1.807) is 0 Å². The van der Waals surface area contributed by atoms with E-state index in [1.807, 2.05) is 6.92 Å². The molecule has 4 atom stereocenters. The maximum Gasteiger partial charge on any atom is 0.111 e. The van der Waals surface area contributed by atoms with Gasteiger partial charge in [-0.15, -0.1) is 0 Å². The minimum Gasteiger partial charge on any atom is -0.394 e. The second kappa shape index (κ2) is 3.49. The number of aliphatic hydroxyl groups is 2. The average molecular weight is 162 g/mol. The first kappa shape index (κ1) is 8.93. The Morgan fingerprint density at radius 3 is 2.45 bits per heavy atom. The minimum atomic E-state index is -0.708. The Morgan fingerprint density at radius 2 is 2.18 bits per heavy atom. The van der Waals surface area contributed by atoms with Crippen LogP contribution in [-0.2, 0) is 9.47 Å². The summed E-state index contributed by atoms with van der Waals surface area (Å²) < 4.78 is 10.2. The second-order valence-corrected chi connectivity index (χ2v) is 2.75. The van der Waals surface area contributed by atoms with Gasteiger partial charge in [0.05, 0.1) is 12.7 Å². The summed E-state index contributed by atoms with van der Waals surface area (Å²) in [7, 11) is 1.52. The lowest BCUT2D eigenvalue weighted by Gasteiger charge is -2.14. The third-order valence-corrected chi connectivity index (χ3v) is 2.02. The van der Waals surface area contributed by atoms with Crippen molar-refractivity contribution in [2.24, 2.45) is 0 Å². The van der Waals surface area contributed by atoms with Crippen molar-refractivity contribution in [2.75, 3.05) is 13.7 Å². The number of methoxy groups -OCH3 is 1. The summed E-state index contributed by atoms with van der Waals surface area (Å²) in [6.45, 7) is 1.65. The fourth-order valence-electron chi connectivity index (χ4n) is 1.40. The van der Waals surface area contributed by atoms with Crippen molar-refractivity contribution in [3.05, 3.63) is 0 Å². The Hall–Kier alpha value is -0.160. The van der Waals surface area contributed by atoms with Crippen molar-refractivity contribution < 1.29 is 19.7 Å². The van der Waals surface area contributed by atoms with Crippen molar-refractivity contribution in [3.8, 4) is 0 Å². The molecular formula is C7H14O4. The monoisotopic (exact) mass is 162 g/mol. The van der Waals surface area contributed by atoms with Crippen molar-refractivity contribution in [2.45, 2.75) is 31.3 Å². The highest BCUT2D eigenvalue weighted by Gasteiger charge is 2.40. The molecule has 1 rings (SSSR count). The molecule has 1 fully saturated rings. The van der Waals surface area contributed by atoms with Crippen LogP contribution in [0.1, 0.15) is 6.92 Å². The molecule has 2 N–H and O–H groups in total. The molecule has 1 saturated heterocycles. The van der Waals surface area contributed by atoms with E-state index >= 15 is 0 Å². The van der Waals surface area contributed by atoms with Crippen LogP contribution in [0.3, 0.4) is 0 Å². The van der Waals surface area contributed by atoms with E-state index in [4.69, 9.17) is 14.6 Å². The zero-order valence-corrected chi connectivity index (χ0v) is 6.73. The predicted octanol–water partition coefficient (Wildman–Crippen LogP) is -0.858. The normalized spacial score (nSPS) is 44.7. The van der Waals surface area contributed by atoms with E-state index in [9.17, 15) is 5.11 Å². The number of ether oxygens (including phenoxy) is 2.